The molecule has 0 bridgehead atoms. The predicted molar refractivity (Wildman–Crippen MR) is 53.7 cm³/mol. The molecule has 0 aromatic carbocycles. The van der Waals surface area contributed by atoms with E-state index in [-0.39, 0.29) is 5.75 Å². The van der Waals surface area contributed by atoms with Crippen LogP contribution in [0, 0.1) is 3.70 Å². The van der Waals surface area contributed by atoms with Crippen LogP contribution in [0.5, 0.6) is 0 Å². The largest absolute Gasteiger partial charge is 0.324 e. The summed E-state index contributed by atoms with van der Waals surface area (Å²) in [6, 6.07) is 0. The van der Waals surface area contributed by atoms with Gasteiger partial charge in [0.25, 0.3) is 0 Å². The molecule has 0 N–H and O–H groups in total. The van der Waals surface area contributed by atoms with E-state index >= 15 is 0 Å². The first-order valence-corrected chi connectivity index (χ1v) is 6.11. The molecule has 0 unspecified atom stereocenters. The summed E-state index contributed by atoms with van der Waals surface area (Å²) in [6.45, 7) is 1.62. The van der Waals surface area contributed by atoms with Gasteiger partial charge in [-0.2, -0.15) is 0 Å². The summed E-state index contributed by atoms with van der Waals surface area (Å²) < 4.78 is 24.9. The summed E-state index contributed by atoms with van der Waals surface area (Å²) in [5.41, 5.74) is 0. The van der Waals surface area contributed by atoms with E-state index in [2.05, 4.69) is 4.98 Å². The highest BCUT2D eigenvalue weighted by Gasteiger charge is 2.19. The van der Waals surface area contributed by atoms with Crippen LogP contribution in [-0.4, -0.2) is 23.7 Å². The lowest BCUT2D eigenvalue weighted by molar-refractivity contribution is 0.586. The van der Waals surface area contributed by atoms with Crippen LogP contribution in [0.3, 0.4) is 0 Å². The summed E-state index contributed by atoms with van der Waals surface area (Å²) in [7, 11) is -1.44. The van der Waals surface area contributed by atoms with E-state index in [1.807, 2.05) is 22.6 Å². The van der Waals surface area contributed by atoms with Gasteiger partial charge in [-0.3, -0.25) is 0 Å². The monoisotopic (exact) mass is 300 g/mol. The molecule has 1 heterocycles. The first-order valence-electron chi connectivity index (χ1n) is 3.38. The zero-order chi connectivity index (χ0) is 9.35. The van der Waals surface area contributed by atoms with E-state index < -0.39 is 9.84 Å². The third kappa shape index (κ3) is 1.63. The molecule has 68 valence electrons. The molecule has 0 amide bonds. The fourth-order valence-corrected chi connectivity index (χ4v) is 3.46. The Bertz CT molecular complexity index is 363. The van der Waals surface area contributed by atoms with E-state index in [4.69, 9.17) is 0 Å². The summed E-state index contributed by atoms with van der Waals surface area (Å²) in [5.74, 6) is 0.114. The van der Waals surface area contributed by atoms with Gasteiger partial charge in [0.15, 0.2) is 14.9 Å². The number of imidazole rings is 1. The lowest BCUT2D eigenvalue weighted by Crippen LogP contribution is -2.09. The summed E-state index contributed by atoms with van der Waals surface area (Å²) in [6.07, 6.45) is 1.50. The molecular formula is C6H9IN2O2S. The van der Waals surface area contributed by atoms with E-state index in [1.54, 1.807) is 14.0 Å². The van der Waals surface area contributed by atoms with Crippen molar-refractivity contribution in [3.8, 4) is 0 Å². The minimum absolute atomic E-state index is 0.114. The van der Waals surface area contributed by atoms with Crippen molar-refractivity contribution >= 4 is 32.4 Å². The van der Waals surface area contributed by atoms with Crippen LogP contribution in [0.4, 0.5) is 0 Å². The predicted octanol–water partition coefficient (Wildman–Crippen LogP) is 0.818. The van der Waals surface area contributed by atoms with Gasteiger partial charge in [0, 0.05) is 7.05 Å². The van der Waals surface area contributed by atoms with Crippen LogP contribution < -0.4 is 0 Å². The number of rotatable bonds is 2. The Hall–Kier alpha value is -0.110. The van der Waals surface area contributed by atoms with Crippen molar-refractivity contribution < 1.29 is 8.42 Å². The van der Waals surface area contributed by atoms with Crippen molar-refractivity contribution in [2.45, 2.75) is 11.9 Å². The van der Waals surface area contributed by atoms with Crippen molar-refractivity contribution in [2.75, 3.05) is 5.75 Å². The van der Waals surface area contributed by atoms with Gasteiger partial charge < -0.3 is 4.57 Å². The van der Waals surface area contributed by atoms with Crippen molar-refractivity contribution in [1.29, 1.82) is 0 Å². The Morgan fingerprint density at radius 1 is 1.67 bits per heavy atom. The molecule has 0 aliphatic carbocycles. The molecule has 0 aliphatic rings. The average Bonchev–Trinajstić information content (AvgIpc) is 2.31. The molecule has 0 radical (unpaired) electrons. The number of hydrogen-bond acceptors (Lipinski definition) is 3. The number of aryl methyl sites for hydroxylation is 1. The molecule has 0 spiro atoms. The standard InChI is InChI=1S/C6H9IN2O2S/c1-3-12(10,11)6-5(7)8-4-9(6)2/h4H,3H2,1-2H3. The fourth-order valence-electron chi connectivity index (χ4n) is 0.875. The van der Waals surface area contributed by atoms with Gasteiger partial charge in [0.05, 0.1) is 12.1 Å². The number of hydrogen-bond donors (Lipinski definition) is 0. The number of sulfone groups is 1. The lowest BCUT2D eigenvalue weighted by Gasteiger charge is -2.01. The van der Waals surface area contributed by atoms with Crippen molar-refractivity contribution in [3.63, 3.8) is 0 Å². The fraction of sp³-hybridized carbons (Fsp3) is 0.500. The minimum Gasteiger partial charge on any atom is -0.324 e. The lowest BCUT2D eigenvalue weighted by atomic mass is 10.9. The maximum Gasteiger partial charge on any atom is 0.196 e. The molecule has 0 aliphatic heterocycles. The zero-order valence-corrected chi connectivity index (χ0v) is 9.76. The molecule has 1 rings (SSSR count). The molecule has 1 aromatic heterocycles. The van der Waals surface area contributed by atoms with Gasteiger partial charge in [0.1, 0.15) is 3.70 Å². The van der Waals surface area contributed by atoms with Gasteiger partial charge in [-0.25, -0.2) is 13.4 Å². The Kier molecular flexibility index (Phi) is 2.77. The molecule has 1 aromatic rings. The quantitative estimate of drug-likeness (QED) is 0.760. The van der Waals surface area contributed by atoms with Crippen molar-refractivity contribution in [1.82, 2.24) is 9.55 Å². The molecule has 6 heteroatoms. The van der Waals surface area contributed by atoms with Crippen molar-refractivity contribution in [2.24, 2.45) is 7.05 Å². The van der Waals surface area contributed by atoms with Gasteiger partial charge >= 0.3 is 0 Å². The Morgan fingerprint density at radius 2 is 2.25 bits per heavy atom. The second-order valence-electron chi connectivity index (χ2n) is 2.35. The van der Waals surface area contributed by atoms with Crippen LogP contribution in [0.1, 0.15) is 6.92 Å². The molecular weight excluding hydrogens is 291 g/mol. The van der Waals surface area contributed by atoms with E-state index in [9.17, 15) is 8.42 Å². The third-order valence-corrected chi connectivity index (χ3v) is 4.50. The topological polar surface area (TPSA) is 52.0 Å². The van der Waals surface area contributed by atoms with Gasteiger partial charge in [0.2, 0.25) is 0 Å². The van der Waals surface area contributed by atoms with E-state index in [0.29, 0.717) is 8.73 Å². The summed E-state index contributed by atoms with van der Waals surface area (Å²) in [5, 5.41) is 0.311. The second kappa shape index (κ2) is 3.33. The zero-order valence-electron chi connectivity index (χ0n) is 6.78. The van der Waals surface area contributed by atoms with Crippen LogP contribution >= 0.6 is 22.6 Å². The molecule has 0 atom stereocenters. The molecule has 0 saturated heterocycles. The molecule has 0 saturated carbocycles. The van der Waals surface area contributed by atoms with Crippen molar-refractivity contribution in [3.05, 3.63) is 10.0 Å². The summed E-state index contributed by atoms with van der Waals surface area (Å²) >= 11 is 1.92. The van der Waals surface area contributed by atoms with Crippen LogP contribution in [0.25, 0.3) is 0 Å². The summed E-state index contributed by atoms with van der Waals surface area (Å²) in [4.78, 5) is 3.90. The first-order chi connectivity index (χ1) is 5.49. The first kappa shape index (κ1) is 9.97. The average molecular weight is 300 g/mol. The highest BCUT2D eigenvalue weighted by Crippen LogP contribution is 2.16. The number of nitrogens with zero attached hydrogens (tertiary/aromatic N) is 2. The Morgan fingerprint density at radius 3 is 2.58 bits per heavy atom. The smallest absolute Gasteiger partial charge is 0.196 e. The number of halogens is 1. The van der Waals surface area contributed by atoms with E-state index in [1.165, 1.54) is 10.9 Å². The maximum absolute atomic E-state index is 11.4. The highest BCUT2D eigenvalue weighted by molar-refractivity contribution is 14.1. The SMILES string of the molecule is CCS(=O)(=O)c1c(I)ncn1C. The second-order valence-corrected chi connectivity index (χ2v) is 5.57. The Balaban J connectivity index is 3.37. The van der Waals surface area contributed by atoms with Gasteiger partial charge in [-0.15, -0.1) is 0 Å². The molecule has 0 fully saturated rings. The third-order valence-electron chi connectivity index (χ3n) is 1.52. The van der Waals surface area contributed by atoms with Gasteiger partial charge in [-0.1, -0.05) is 6.92 Å². The van der Waals surface area contributed by atoms with Gasteiger partial charge in [-0.05, 0) is 22.6 Å². The molecule has 12 heavy (non-hydrogen) atoms. The van der Waals surface area contributed by atoms with Crippen LogP contribution in [0.2, 0.25) is 0 Å². The molecule has 4 nitrogen and oxygen atoms in total. The van der Waals surface area contributed by atoms with Crippen LogP contribution in [0.15, 0.2) is 11.4 Å². The maximum atomic E-state index is 11.4. The number of aromatic nitrogens is 2. The van der Waals surface area contributed by atoms with Crippen LogP contribution in [-0.2, 0) is 16.9 Å². The normalized spacial score (nSPS) is 11.9. The highest BCUT2D eigenvalue weighted by atomic mass is 127. The minimum atomic E-state index is -3.12. The van der Waals surface area contributed by atoms with E-state index in [0.717, 1.165) is 0 Å². The Labute approximate surface area is 85.1 Å².